The van der Waals surface area contributed by atoms with Crippen LogP contribution in [-0.4, -0.2) is 26.3 Å². The van der Waals surface area contributed by atoms with Gasteiger partial charge >= 0.3 is 0 Å². The molecule has 2 amide bonds. The molecule has 25 heavy (non-hydrogen) atoms. The maximum Gasteiger partial charge on any atom is 0.256 e. The highest BCUT2D eigenvalue weighted by Crippen LogP contribution is 2.27. The molecule has 0 aromatic heterocycles. The first kappa shape index (κ1) is 17.4. The van der Waals surface area contributed by atoms with Crippen LogP contribution in [0.5, 0.6) is 0 Å². The second kappa shape index (κ2) is 6.47. The summed E-state index contributed by atoms with van der Waals surface area (Å²) < 4.78 is 22.8. The number of sulfonamides is 1. The molecule has 1 fully saturated rings. The standard InChI is InChI=1S/C16H14ClN3O4S/c17-10-3-1-5-12(7-10)20-15(21)9-14(16(20)22)19-11-4-2-6-13(8-11)25(18,23)24/h1-8,14,19H,9H2,(H2,18,23,24). The first-order valence-corrected chi connectivity index (χ1v) is 9.20. The molecule has 1 saturated heterocycles. The Morgan fingerprint density at radius 2 is 1.84 bits per heavy atom. The van der Waals surface area contributed by atoms with Gasteiger partial charge in [-0.05, 0) is 36.4 Å². The topological polar surface area (TPSA) is 110 Å². The zero-order valence-electron chi connectivity index (χ0n) is 12.8. The predicted octanol–water partition coefficient (Wildman–Crippen LogP) is 1.73. The predicted molar refractivity (Wildman–Crippen MR) is 93.8 cm³/mol. The number of amides is 2. The normalized spacial score (nSPS) is 17.8. The van der Waals surface area contributed by atoms with Crippen LogP contribution in [0.2, 0.25) is 5.02 Å². The summed E-state index contributed by atoms with van der Waals surface area (Å²) in [7, 11) is -3.86. The summed E-state index contributed by atoms with van der Waals surface area (Å²) in [6, 6.07) is 11.4. The quantitative estimate of drug-likeness (QED) is 0.786. The van der Waals surface area contributed by atoms with E-state index in [4.69, 9.17) is 16.7 Å². The Kier molecular flexibility index (Phi) is 4.51. The van der Waals surface area contributed by atoms with E-state index in [0.29, 0.717) is 16.4 Å². The third kappa shape index (κ3) is 3.65. The van der Waals surface area contributed by atoms with E-state index in [9.17, 15) is 18.0 Å². The molecule has 1 aliphatic heterocycles. The van der Waals surface area contributed by atoms with Crippen LogP contribution in [0.4, 0.5) is 11.4 Å². The average Bonchev–Trinajstić information content (AvgIpc) is 2.81. The van der Waals surface area contributed by atoms with Gasteiger partial charge in [0.2, 0.25) is 15.9 Å². The zero-order chi connectivity index (χ0) is 18.2. The lowest BCUT2D eigenvalue weighted by atomic mass is 10.2. The van der Waals surface area contributed by atoms with E-state index in [-0.39, 0.29) is 17.2 Å². The summed E-state index contributed by atoms with van der Waals surface area (Å²) in [6.07, 6.45) is -0.0506. The average molecular weight is 380 g/mol. The highest BCUT2D eigenvalue weighted by atomic mass is 35.5. The Labute approximate surface area is 149 Å². The highest BCUT2D eigenvalue weighted by molar-refractivity contribution is 7.89. The van der Waals surface area contributed by atoms with Gasteiger partial charge in [-0.2, -0.15) is 0 Å². The Morgan fingerprint density at radius 1 is 1.12 bits per heavy atom. The van der Waals surface area contributed by atoms with Crippen LogP contribution in [0.15, 0.2) is 53.4 Å². The molecule has 2 aromatic rings. The number of benzene rings is 2. The smallest absolute Gasteiger partial charge is 0.256 e. The van der Waals surface area contributed by atoms with Crippen molar-refractivity contribution in [2.45, 2.75) is 17.4 Å². The van der Waals surface area contributed by atoms with Gasteiger partial charge in [0.15, 0.2) is 0 Å². The highest BCUT2D eigenvalue weighted by Gasteiger charge is 2.39. The first-order valence-electron chi connectivity index (χ1n) is 7.27. The van der Waals surface area contributed by atoms with Crippen molar-refractivity contribution >= 4 is 44.8 Å². The molecule has 7 nitrogen and oxygen atoms in total. The molecule has 0 radical (unpaired) electrons. The monoisotopic (exact) mass is 379 g/mol. The number of halogens is 1. The van der Waals surface area contributed by atoms with Crippen molar-refractivity contribution < 1.29 is 18.0 Å². The minimum absolute atomic E-state index is 0.0506. The molecule has 3 rings (SSSR count). The van der Waals surface area contributed by atoms with E-state index in [1.54, 1.807) is 24.3 Å². The molecule has 130 valence electrons. The molecule has 1 unspecified atom stereocenters. The fourth-order valence-electron chi connectivity index (χ4n) is 2.60. The summed E-state index contributed by atoms with van der Waals surface area (Å²) >= 11 is 5.91. The number of imide groups is 1. The van der Waals surface area contributed by atoms with Crippen molar-refractivity contribution in [3.63, 3.8) is 0 Å². The molecule has 0 bridgehead atoms. The van der Waals surface area contributed by atoms with E-state index in [1.807, 2.05) is 0 Å². The molecule has 0 aliphatic carbocycles. The van der Waals surface area contributed by atoms with Gasteiger partial charge in [0.1, 0.15) is 6.04 Å². The molecule has 0 spiro atoms. The molecule has 3 N–H and O–H groups in total. The largest absolute Gasteiger partial charge is 0.373 e. The molecular formula is C16H14ClN3O4S. The van der Waals surface area contributed by atoms with Crippen molar-refractivity contribution in [3.8, 4) is 0 Å². The van der Waals surface area contributed by atoms with Crippen LogP contribution in [0.3, 0.4) is 0 Å². The van der Waals surface area contributed by atoms with Crippen molar-refractivity contribution in [3.05, 3.63) is 53.6 Å². The van der Waals surface area contributed by atoms with E-state index < -0.39 is 22.0 Å². The minimum Gasteiger partial charge on any atom is -0.373 e. The summed E-state index contributed by atoms with van der Waals surface area (Å²) in [5.41, 5.74) is 0.774. The summed E-state index contributed by atoms with van der Waals surface area (Å²) in [5.74, 6) is -0.805. The van der Waals surface area contributed by atoms with Crippen molar-refractivity contribution in [2.75, 3.05) is 10.2 Å². The van der Waals surface area contributed by atoms with Crippen LogP contribution in [0.1, 0.15) is 6.42 Å². The number of nitrogens with one attached hydrogen (secondary N) is 1. The van der Waals surface area contributed by atoms with Gasteiger partial charge in [-0.25, -0.2) is 18.5 Å². The number of primary sulfonamides is 1. The van der Waals surface area contributed by atoms with Crippen LogP contribution >= 0.6 is 11.6 Å². The maximum absolute atomic E-state index is 12.6. The lowest BCUT2D eigenvalue weighted by molar-refractivity contribution is -0.121. The summed E-state index contributed by atoms with van der Waals surface area (Å²) in [6.45, 7) is 0. The number of anilines is 2. The van der Waals surface area contributed by atoms with Crippen LogP contribution in [0.25, 0.3) is 0 Å². The Bertz CT molecular complexity index is 961. The number of hydrogen-bond acceptors (Lipinski definition) is 5. The second-order valence-electron chi connectivity index (χ2n) is 5.52. The van der Waals surface area contributed by atoms with Gasteiger partial charge in [0, 0.05) is 10.7 Å². The fraction of sp³-hybridized carbons (Fsp3) is 0.125. The van der Waals surface area contributed by atoms with Crippen molar-refractivity contribution in [1.29, 1.82) is 0 Å². The number of nitrogens with two attached hydrogens (primary N) is 1. The van der Waals surface area contributed by atoms with Gasteiger partial charge in [-0.1, -0.05) is 23.7 Å². The maximum atomic E-state index is 12.6. The van der Waals surface area contributed by atoms with Gasteiger partial charge < -0.3 is 5.32 Å². The summed E-state index contributed by atoms with van der Waals surface area (Å²) in [5, 5.41) is 8.39. The Hall–Kier alpha value is -2.42. The van der Waals surface area contributed by atoms with Crippen LogP contribution in [-0.2, 0) is 19.6 Å². The van der Waals surface area contributed by atoms with Gasteiger partial charge in [0.05, 0.1) is 17.0 Å². The second-order valence-corrected chi connectivity index (χ2v) is 7.52. The van der Waals surface area contributed by atoms with Crippen LogP contribution < -0.4 is 15.4 Å². The molecule has 0 saturated carbocycles. The SMILES string of the molecule is NS(=O)(=O)c1cccc(NC2CC(=O)N(c3cccc(Cl)c3)C2=O)c1. The molecular weight excluding hydrogens is 366 g/mol. The summed E-state index contributed by atoms with van der Waals surface area (Å²) in [4.78, 5) is 25.8. The van der Waals surface area contributed by atoms with Gasteiger partial charge in [0.25, 0.3) is 5.91 Å². The lowest BCUT2D eigenvalue weighted by Crippen LogP contribution is -2.34. The number of hydrogen-bond donors (Lipinski definition) is 2. The molecule has 9 heteroatoms. The fourth-order valence-corrected chi connectivity index (χ4v) is 3.34. The van der Waals surface area contributed by atoms with Crippen LogP contribution in [0, 0.1) is 0 Å². The zero-order valence-corrected chi connectivity index (χ0v) is 14.4. The van der Waals surface area contributed by atoms with Crippen molar-refractivity contribution in [1.82, 2.24) is 0 Å². The first-order chi connectivity index (χ1) is 11.8. The van der Waals surface area contributed by atoms with E-state index >= 15 is 0 Å². The number of nitrogens with zero attached hydrogens (tertiary/aromatic N) is 1. The van der Waals surface area contributed by atoms with Gasteiger partial charge in [-0.3, -0.25) is 9.59 Å². The van der Waals surface area contributed by atoms with E-state index in [1.165, 1.54) is 24.3 Å². The Balaban J connectivity index is 1.84. The molecule has 1 heterocycles. The minimum atomic E-state index is -3.86. The third-order valence-corrected chi connectivity index (χ3v) is 4.86. The van der Waals surface area contributed by atoms with E-state index in [2.05, 4.69) is 5.32 Å². The number of carbonyl (C=O) groups is 2. The molecule has 2 aromatic carbocycles. The third-order valence-electron chi connectivity index (χ3n) is 3.72. The van der Waals surface area contributed by atoms with E-state index in [0.717, 1.165) is 4.90 Å². The number of rotatable bonds is 4. The lowest BCUT2D eigenvalue weighted by Gasteiger charge is -2.16. The number of carbonyl (C=O) groups excluding carboxylic acids is 2. The Morgan fingerprint density at radius 3 is 2.52 bits per heavy atom. The van der Waals surface area contributed by atoms with Crippen molar-refractivity contribution in [2.24, 2.45) is 5.14 Å². The molecule has 1 atom stereocenters. The van der Waals surface area contributed by atoms with Gasteiger partial charge in [-0.15, -0.1) is 0 Å². The molecule has 1 aliphatic rings.